The summed E-state index contributed by atoms with van der Waals surface area (Å²) in [5.74, 6) is -0.987. The molecular weight excluding hydrogens is 302 g/mol. The van der Waals surface area contributed by atoms with Gasteiger partial charge in [0, 0.05) is 18.5 Å². The summed E-state index contributed by atoms with van der Waals surface area (Å²) in [6.07, 6.45) is 1.62. The van der Waals surface area contributed by atoms with Crippen LogP contribution in [-0.4, -0.2) is 29.0 Å². The molecule has 20 heavy (non-hydrogen) atoms. The molecule has 6 nitrogen and oxygen atoms in total. The van der Waals surface area contributed by atoms with E-state index in [2.05, 4.69) is 20.0 Å². The van der Waals surface area contributed by atoms with Crippen LogP contribution in [0.3, 0.4) is 0 Å². The van der Waals surface area contributed by atoms with Gasteiger partial charge in [-0.2, -0.15) is 0 Å². The fraction of sp³-hybridized carbons (Fsp3) is 0.167. The number of nitrogens with one attached hydrogen (secondary N) is 1. The van der Waals surface area contributed by atoms with Crippen LogP contribution in [0.2, 0.25) is 5.02 Å². The smallest absolute Gasteiger partial charge is 0.358 e. The number of aromatic nitrogens is 2. The van der Waals surface area contributed by atoms with Gasteiger partial charge in [0.1, 0.15) is 10.7 Å². The van der Waals surface area contributed by atoms with Gasteiger partial charge in [-0.1, -0.05) is 11.6 Å². The maximum Gasteiger partial charge on any atom is 0.358 e. The molecule has 2 heterocycles. The van der Waals surface area contributed by atoms with Crippen LogP contribution in [0.25, 0.3) is 10.7 Å². The van der Waals surface area contributed by atoms with Crippen molar-refractivity contribution in [2.75, 3.05) is 12.4 Å². The number of carbonyl (C=O) groups excluding carboxylic acids is 2. The third kappa shape index (κ3) is 2.94. The normalized spacial score (nSPS) is 10.2. The Hall–Kier alpha value is -1.99. The van der Waals surface area contributed by atoms with Gasteiger partial charge in [-0.3, -0.25) is 4.79 Å². The van der Waals surface area contributed by atoms with Gasteiger partial charge in [-0.05, 0) is 6.07 Å². The number of carbonyl (C=O) groups is 2. The summed E-state index contributed by atoms with van der Waals surface area (Å²) in [7, 11) is 1.23. The molecular formula is C12H10ClN3O3S. The van der Waals surface area contributed by atoms with Gasteiger partial charge >= 0.3 is 5.97 Å². The maximum atomic E-state index is 11.7. The molecule has 0 unspecified atom stereocenters. The molecule has 0 aliphatic carbocycles. The molecule has 104 valence electrons. The van der Waals surface area contributed by atoms with E-state index in [9.17, 15) is 9.59 Å². The molecule has 0 radical (unpaired) electrons. The topological polar surface area (TPSA) is 81.2 Å². The molecule has 2 aromatic heterocycles. The second kappa shape index (κ2) is 5.98. The van der Waals surface area contributed by atoms with E-state index in [4.69, 9.17) is 11.6 Å². The summed E-state index contributed by atoms with van der Waals surface area (Å²) in [4.78, 5) is 31.1. The number of ether oxygens (including phenoxy) is 1. The van der Waals surface area contributed by atoms with Crippen LogP contribution in [0, 0.1) is 0 Å². The minimum absolute atomic E-state index is 0.0346. The van der Waals surface area contributed by atoms with E-state index in [1.54, 1.807) is 17.6 Å². The zero-order chi connectivity index (χ0) is 14.7. The first-order chi connectivity index (χ1) is 9.52. The molecule has 2 rings (SSSR count). The van der Waals surface area contributed by atoms with E-state index in [1.807, 2.05) is 0 Å². The molecule has 0 aliphatic rings. The number of anilines is 1. The first kappa shape index (κ1) is 14.4. The van der Waals surface area contributed by atoms with E-state index in [1.165, 1.54) is 25.4 Å². The van der Waals surface area contributed by atoms with Crippen molar-refractivity contribution >= 4 is 40.5 Å². The van der Waals surface area contributed by atoms with E-state index < -0.39 is 5.97 Å². The predicted molar refractivity (Wildman–Crippen MR) is 76.0 cm³/mol. The quantitative estimate of drug-likeness (QED) is 0.881. The molecule has 2 aromatic rings. The first-order valence-corrected chi connectivity index (χ1v) is 6.75. The summed E-state index contributed by atoms with van der Waals surface area (Å²) < 4.78 is 4.63. The van der Waals surface area contributed by atoms with Crippen molar-refractivity contribution < 1.29 is 14.3 Å². The Morgan fingerprint density at radius 1 is 1.45 bits per heavy atom. The molecule has 1 N–H and O–H groups in total. The monoisotopic (exact) mass is 311 g/mol. The van der Waals surface area contributed by atoms with Crippen molar-refractivity contribution in [1.82, 2.24) is 9.97 Å². The number of hydrogen-bond donors (Lipinski definition) is 1. The zero-order valence-corrected chi connectivity index (χ0v) is 12.2. The third-order valence-electron chi connectivity index (χ3n) is 2.30. The SMILES string of the molecule is COC(=O)c1nc(-c2nccs2)cc(NC(C)=O)c1Cl. The van der Waals surface area contributed by atoms with Crippen molar-refractivity contribution in [2.45, 2.75) is 6.92 Å². The third-order valence-corrected chi connectivity index (χ3v) is 3.48. The number of rotatable bonds is 3. The summed E-state index contributed by atoms with van der Waals surface area (Å²) in [5, 5.41) is 4.98. The van der Waals surface area contributed by atoms with Crippen molar-refractivity contribution in [3.8, 4) is 10.7 Å². The second-order valence-electron chi connectivity index (χ2n) is 3.73. The molecule has 0 saturated heterocycles. The minimum Gasteiger partial charge on any atom is -0.464 e. The molecule has 0 spiro atoms. The maximum absolute atomic E-state index is 11.7. The Bertz CT molecular complexity index is 658. The number of hydrogen-bond acceptors (Lipinski definition) is 6. The van der Waals surface area contributed by atoms with Crippen molar-refractivity contribution in [2.24, 2.45) is 0 Å². The average Bonchev–Trinajstić information content (AvgIpc) is 2.93. The van der Waals surface area contributed by atoms with Gasteiger partial charge < -0.3 is 10.1 Å². The summed E-state index contributed by atoms with van der Waals surface area (Å²) in [6, 6.07) is 1.56. The van der Waals surface area contributed by atoms with Crippen LogP contribution < -0.4 is 5.32 Å². The lowest BCUT2D eigenvalue weighted by Gasteiger charge is -2.10. The van der Waals surface area contributed by atoms with Gasteiger partial charge in [0.2, 0.25) is 5.91 Å². The molecule has 0 bridgehead atoms. The molecule has 1 amide bonds. The molecule has 0 fully saturated rings. The van der Waals surface area contributed by atoms with Crippen LogP contribution >= 0.6 is 22.9 Å². The number of esters is 1. The van der Waals surface area contributed by atoms with Gasteiger partial charge in [-0.25, -0.2) is 14.8 Å². The van der Waals surface area contributed by atoms with Crippen LogP contribution in [-0.2, 0) is 9.53 Å². The lowest BCUT2D eigenvalue weighted by atomic mass is 10.2. The minimum atomic E-state index is -0.681. The number of thiazole rings is 1. The average molecular weight is 312 g/mol. The Balaban J connectivity index is 2.59. The highest BCUT2D eigenvalue weighted by molar-refractivity contribution is 7.13. The van der Waals surface area contributed by atoms with Gasteiger partial charge in [-0.15, -0.1) is 11.3 Å². The number of amides is 1. The lowest BCUT2D eigenvalue weighted by Crippen LogP contribution is -2.11. The van der Waals surface area contributed by atoms with Crippen LogP contribution in [0.5, 0.6) is 0 Å². The predicted octanol–water partition coefficient (Wildman–Crippen LogP) is 2.60. The fourth-order valence-corrected chi connectivity index (χ4v) is 2.32. The Morgan fingerprint density at radius 3 is 2.75 bits per heavy atom. The highest BCUT2D eigenvalue weighted by Gasteiger charge is 2.20. The summed E-state index contributed by atoms with van der Waals surface area (Å²) in [6.45, 7) is 1.34. The molecule has 0 saturated carbocycles. The molecule has 0 aromatic carbocycles. The molecule has 8 heteroatoms. The number of pyridine rings is 1. The largest absolute Gasteiger partial charge is 0.464 e. The Labute approximate surface area is 123 Å². The zero-order valence-electron chi connectivity index (χ0n) is 10.6. The summed E-state index contributed by atoms with van der Waals surface area (Å²) in [5.41, 5.74) is 0.666. The first-order valence-electron chi connectivity index (χ1n) is 5.49. The highest BCUT2D eigenvalue weighted by Crippen LogP contribution is 2.31. The van der Waals surface area contributed by atoms with Crippen LogP contribution in [0.4, 0.5) is 5.69 Å². The number of nitrogens with zero attached hydrogens (tertiary/aromatic N) is 2. The van der Waals surface area contributed by atoms with E-state index in [0.717, 1.165) is 0 Å². The van der Waals surface area contributed by atoms with Crippen molar-refractivity contribution in [3.63, 3.8) is 0 Å². The number of methoxy groups -OCH3 is 1. The number of halogens is 1. The van der Waals surface area contributed by atoms with Crippen molar-refractivity contribution in [1.29, 1.82) is 0 Å². The van der Waals surface area contributed by atoms with Crippen LogP contribution in [0.15, 0.2) is 17.6 Å². The summed E-state index contributed by atoms with van der Waals surface area (Å²) >= 11 is 7.42. The van der Waals surface area contributed by atoms with Gasteiger partial charge in [0.15, 0.2) is 5.69 Å². The van der Waals surface area contributed by atoms with Gasteiger partial charge in [0.05, 0.1) is 17.8 Å². The van der Waals surface area contributed by atoms with E-state index in [-0.39, 0.29) is 16.6 Å². The van der Waals surface area contributed by atoms with E-state index >= 15 is 0 Å². The lowest BCUT2D eigenvalue weighted by molar-refractivity contribution is -0.114. The van der Waals surface area contributed by atoms with E-state index in [0.29, 0.717) is 16.4 Å². The van der Waals surface area contributed by atoms with Crippen molar-refractivity contribution in [3.05, 3.63) is 28.4 Å². The molecule has 0 aliphatic heterocycles. The van der Waals surface area contributed by atoms with Crippen LogP contribution in [0.1, 0.15) is 17.4 Å². The fourth-order valence-electron chi connectivity index (χ4n) is 1.50. The highest BCUT2D eigenvalue weighted by atomic mass is 35.5. The molecule has 0 atom stereocenters. The standard InChI is InChI=1S/C12H10ClN3O3S/c1-6(17)15-7-5-8(11-14-3-4-20-11)16-10(9(7)13)12(18)19-2/h3-5H,1-2H3,(H,15,16,17). The Kier molecular flexibility index (Phi) is 4.31. The van der Waals surface area contributed by atoms with Gasteiger partial charge in [0.25, 0.3) is 0 Å². The second-order valence-corrected chi connectivity index (χ2v) is 5.00. The Morgan fingerprint density at radius 2 is 2.20 bits per heavy atom.